The molecule has 1 aromatic heterocycles. The fourth-order valence-electron chi connectivity index (χ4n) is 3.64. The first-order valence-electron chi connectivity index (χ1n) is 9.45. The highest BCUT2D eigenvalue weighted by molar-refractivity contribution is 5.78. The standard InChI is InChI=1S/C21H27N3O3/c1-27-19-5-3-2-4-17(19)6-10-23-21(26)15-24-12-8-16(9-13-24)18-7-11-22-20(25)14-18/h2-5,7,11,14,16H,6,8-10,12-13,15H2,1H3,(H,22,25)(H,23,26). The second-order valence-corrected chi connectivity index (χ2v) is 6.95. The Morgan fingerprint density at radius 3 is 2.78 bits per heavy atom. The average molecular weight is 369 g/mol. The molecule has 2 N–H and O–H groups in total. The van der Waals surface area contributed by atoms with Gasteiger partial charge in [0.05, 0.1) is 13.7 Å². The number of likely N-dealkylation sites (tertiary alicyclic amines) is 1. The number of methoxy groups -OCH3 is 1. The van der Waals surface area contributed by atoms with Crippen LogP contribution in [0.25, 0.3) is 0 Å². The van der Waals surface area contributed by atoms with Crippen LogP contribution in [0.15, 0.2) is 47.4 Å². The van der Waals surface area contributed by atoms with Gasteiger partial charge in [0, 0.05) is 18.8 Å². The van der Waals surface area contributed by atoms with Gasteiger partial charge in [-0.05, 0) is 61.5 Å². The zero-order valence-electron chi connectivity index (χ0n) is 15.7. The number of carbonyl (C=O) groups is 1. The number of nitrogens with zero attached hydrogens (tertiary/aromatic N) is 1. The summed E-state index contributed by atoms with van der Waals surface area (Å²) in [6.45, 7) is 2.77. The van der Waals surface area contributed by atoms with Crippen LogP contribution in [0.1, 0.15) is 29.9 Å². The summed E-state index contributed by atoms with van der Waals surface area (Å²) in [6.07, 6.45) is 4.40. The van der Waals surface area contributed by atoms with Gasteiger partial charge in [-0.15, -0.1) is 0 Å². The van der Waals surface area contributed by atoms with Gasteiger partial charge in [-0.2, -0.15) is 0 Å². The van der Waals surface area contributed by atoms with Crippen molar-refractivity contribution in [2.75, 3.05) is 33.3 Å². The SMILES string of the molecule is COc1ccccc1CCNC(=O)CN1CCC(c2cc[nH]c(=O)c2)CC1. The lowest BCUT2D eigenvalue weighted by Gasteiger charge is -2.31. The Morgan fingerprint density at radius 1 is 1.26 bits per heavy atom. The zero-order chi connectivity index (χ0) is 19.1. The summed E-state index contributed by atoms with van der Waals surface area (Å²) in [7, 11) is 1.66. The van der Waals surface area contributed by atoms with Crippen LogP contribution < -0.4 is 15.6 Å². The number of H-pyrrole nitrogens is 1. The van der Waals surface area contributed by atoms with Gasteiger partial charge in [0.1, 0.15) is 5.75 Å². The van der Waals surface area contributed by atoms with Crippen LogP contribution in [0.2, 0.25) is 0 Å². The topological polar surface area (TPSA) is 74.4 Å². The number of benzene rings is 1. The maximum atomic E-state index is 12.2. The molecule has 1 amide bonds. The Labute approximate surface area is 159 Å². The lowest BCUT2D eigenvalue weighted by Crippen LogP contribution is -2.41. The number of nitrogens with one attached hydrogen (secondary N) is 2. The first-order valence-corrected chi connectivity index (χ1v) is 9.45. The lowest BCUT2D eigenvalue weighted by molar-refractivity contribution is -0.122. The number of piperidine rings is 1. The summed E-state index contributed by atoms with van der Waals surface area (Å²) in [5.74, 6) is 1.31. The first kappa shape index (κ1) is 19.2. The van der Waals surface area contributed by atoms with Crippen molar-refractivity contribution >= 4 is 5.91 Å². The quantitative estimate of drug-likeness (QED) is 0.782. The molecule has 1 saturated heterocycles. The van der Waals surface area contributed by atoms with Gasteiger partial charge < -0.3 is 15.0 Å². The number of aromatic amines is 1. The molecule has 0 atom stereocenters. The van der Waals surface area contributed by atoms with E-state index in [1.54, 1.807) is 19.4 Å². The van der Waals surface area contributed by atoms with E-state index in [0.29, 0.717) is 19.0 Å². The summed E-state index contributed by atoms with van der Waals surface area (Å²) < 4.78 is 5.34. The molecule has 0 saturated carbocycles. The molecular formula is C21H27N3O3. The van der Waals surface area contributed by atoms with Gasteiger partial charge in [-0.1, -0.05) is 18.2 Å². The van der Waals surface area contributed by atoms with Gasteiger partial charge in [0.15, 0.2) is 0 Å². The molecule has 0 radical (unpaired) electrons. The van der Waals surface area contributed by atoms with Gasteiger partial charge in [-0.3, -0.25) is 14.5 Å². The van der Waals surface area contributed by atoms with E-state index < -0.39 is 0 Å². The molecule has 0 spiro atoms. The summed E-state index contributed by atoms with van der Waals surface area (Å²) in [5, 5.41) is 3.00. The molecule has 6 heteroatoms. The monoisotopic (exact) mass is 369 g/mol. The van der Waals surface area contributed by atoms with Crippen LogP contribution in [0.5, 0.6) is 5.75 Å². The van der Waals surface area contributed by atoms with Gasteiger partial charge >= 0.3 is 0 Å². The fourth-order valence-corrected chi connectivity index (χ4v) is 3.64. The van der Waals surface area contributed by atoms with Crippen molar-refractivity contribution in [3.8, 4) is 5.75 Å². The van der Waals surface area contributed by atoms with E-state index in [1.165, 1.54) is 0 Å². The maximum Gasteiger partial charge on any atom is 0.248 e. The number of para-hydroxylation sites is 1. The van der Waals surface area contributed by atoms with Crippen molar-refractivity contribution < 1.29 is 9.53 Å². The van der Waals surface area contributed by atoms with E-state index >= 15 is 0 Å². The molecule has 27 heavy (non-hydrogen) atoms. The summed E-state index contributed by atoms with van der Waals surface area (Å²) >= 11 is 0. The number of ether oxygens (including phenoxy) is 1. The van der Waals surface area contributed by atoms with E-state index in [-0.39, 0.29) is 11.5 Å². The Bertz CT molecular complexity index is 810. The normalized spacial score (nSPS) is 15.4. The molecule has 1 aromatic carbocycles. The van der Waals surface area contributed by atoms with Crippen LogP contribution in [0, 0.1) is 0 Å². The second-order valence-electron chi connectivity index (χ2n) is 6.95. The maximum absolute atomic E-state index is 12.2. The van der Waals surface area contributed by atoms with E-state index in [9.17, 15) is 9.59 Å². The smallest absolute Gasteiger partial charge is 0.248 e. The zero-order valence-corrected chi connectivity index (χ0v) is 15.7. The Kier molecular flexibility index (Phi) is 6.65. The number of amides is 1. The number of hydrogen-bond acceptors (Lipinski definition) is 4. The molecule has 2 heterocycles. The van der Waals surface area contributed by atoms with Crippen molar-refractivity contribution in [2.24, 2.45) is 0 Å². The fraction of sp³-hybridized carbons (Fsp3) is 0.429. The molecule has 144 valence electrons. The molecule has 0 bridgehead atoms. The molecule has 1 aliphatic heterocycles. The molecule has 1 fully saturated rings. The van der Waals surface area contributed by atoms with Gasteiger partial charge in [0.25, 0.3) is 0 Å². The number of rotatable bonds is 7. The second kappa shape index (κ2) is 9.37. The van der Waals surface area contributed by atoms with E-state index in [0.717, 1.165) is 49.2 Å². The average Bonchev–Trinajstić information content (AvgIpc) is 2.69. The van der Waals surface area contributed by atoms with Crippen molar-refractivity contribution in [1.82, 2.24) is 15.2 Å². The number of hydrogen-bond donors (Lipinski definition) is 2. The van der Waals surface area contributed by atoms with Gasteiger partial charge in [-0.25, -0.2) is 0 Å². The third-order valence-electron chi connectivity index (χ3n) is 5.13. The summed E-state index contributed by atoms with van der Waals surface area (Å²) in [5.41, 5.74) is 2.14. The van der Waals surface area contributed by atoms with Gasteiger partial charge in [0.2, 0.25) is 11.5 Å². The minimum absolute atomic E-state index is 0.0515. The molecule has 6 nitrogen and oxygen atoms in total. The van der Waals surface area contributed by atoms with E-state index in [2.05, 4.69) is 15.2 Å². The Hall–Kier alpha value is -2.60. The minimum Gasteiger partial charge on any atom is -0.496 e. The van der Waals surface area contributed by atoms with Crippen LogP contribution in [-0.2, 0) is 11.2 Å². The molecular weight excluding hydrogens is 342 g/mol. The number of carbonyl (C=O) groups excluding carboxylic acids is 1. The summed E-state index contributed by atoms with van der Waals surface area (Å²) in [6, 6.07) is 11.5. The highest BCUT2D eigenvalue weighted by atomic mass is 16.5. The Morgan fingerprint density at radius 2 is 2.04 bits per heavy atom. The minimum atomic E-state index is -0.0515. The highest BCUT2D eigenvalue weighted by Crippen LogP contribution is 2.26. The van der Waals surface area contributed by atoms with Crippen LogP contribution in [0.4, 0.5) is 0 Å². The molecule has 1 aliphatic rings. The third kappa shape index (κ3) is 5.44. The van der Waals surface area contributed by atoms with Crippen molar-refractivity contribution in [3.63, 3.8) is 0 Å². The van der Waals surface area contributed by atoms with Crippen LogP contribution >= 0.6 is 0 Å². The van der Waals surface area contributed by atoms with Crippen molar-refractivity contribution in [1.29, 1.82) is 0 Å². The number of pyridine rings is 1. The van der Waals surface area contributed by atoms with E-state index in [1.807, 2.05) is 30.3 Å². The van der Waals surface area contributed by atoms with Crippen molar-refractivity contribution in [3.05, 3.63) is 64.1 Å². The predicted molar refractivity (Wildman–Crippen MR) is 105 cm³/mol. The molecule has 3 rings (SSSR count). The molecule has 0 unspecified atom stereocenters. The largest absolute Gasteiger partial charge is 0.496 e. The van der Waals surface area contributed by atoms with Crippen molar-refractivity contribution in [2.45, 2.75) is 25.2 Å². The number of aromatic nitrogens is 1. The molecule has 2 aromatic rings. The first-order chi connectivity index (χ1) is 13.2. The van der Waals surface area contributed by atoms with Crippen LogP contribution in [-0.4, -0.2) is 49.1 Å². The Balaban J connectivity index is 1.40. The summed E-state index contributed by atoms with van der Waals surface area (Å²) in [4.78, 5) is 28.5. The predicted octanol–water partition coefficient (Wildman–Crippen LogP) is 1.92. The van der Waals surface area contributed by atoms with E-state index in [4.69, 9.17) is 4.74 Å². The van der Waals surface area contributed by atoms with Crippen LogP contribution in [0.3, 0.4) is 0 Å². The third-order valence-corrected chi connectivity index (χ3v) is 5.13. The highest BCUT2D eigenvalue weighted by Gasteiger charge is 2.22. The lowest BCUT2D eigenvalue weighted by atomic mass is 9.90. The molecule has 0 aliphatic carbocycles.